The van der Waals surface area contributed by atoms with Crippen LogP contribution in [0.4, 0.5) is 0 Å². The molecule has 0 aliphatic carbocycles. The Morgan fingerprint density at radius 3 is 2.73 bits per heavy atom. The van der Waals surface area contributed by atoms with Gasteiger partial charge in [-0.15, -0.1) is 0 Å². The van der Waals surface area contributed by atoms with Crippen LogP contribution in [0.2, 0.25) is 5.02 Å². The van der Waals surface area contributed by atoms with Gasteiger partial charge in [-0.1, -0.05) is 46.3 Å². The van der Waals surface area contributed by atoms with Gasteiger partial charge < -0.3 is 18.6 Å². The second-order valence-corrected chi connectivity index (χ2v) is 8.48. The Balaban J connectivity index is 1.85. The molecule has 8 nitrogen and oxygen atoms in total. The Bertz CT molecular complexity index is 1420. The van der Waals surface area contributed by atoms with Crippen LogP contribution in [0.3, 0.4) is 0 Å². The van der Waals surface area contributed by atoms with Crippen LogP contribution >= 0.6 is 22.9 Å². The Morgan fingerprint density at radius 1 is 1.21 bits per heavy atom. The molecule has 0 N–H and O–H groups in total. The third-order valence-electron chi connectivity index (χ3n) is 5.03. The third kappa shape index (κ3) is 4.47. The van der Waals surface area contributed by atoms with E-state index in [-0.39, 0.29) is 5.56 Å². The Labute approximate surface area is 198 Å². The smallest absolute Gasteiger partial charge is 0.337 e. The van der Waals surface area contributed by atoms with Gasteiger partial charge in [-0.2, -0.15) is 4.99 Å². The summed E-state index contributed by atoms with van der Waals surface area (Å²) in [6.07, 6.45) is 0. The summed E-state index contributed by atoms with van der Waals surface area (Å²) in [6.45, 7) is 2.55. The standard InChI is InChI=1S/C23H20ClN3O5S/c1-13-19(20(26-32-13)15-6-4-5-7-16(15)24)21(28)25-23-27(10-11-30-2)17-9-8-14(22(29)31-3)12-18(17)33-23/h4-9,12H,10-11H2,1-3H3. The largest absolute Gasteiger partial charge is 0.465 e. The maximum atomic E-state index is 13.3. The average molecular weight is 486 g/mol. The fourth-order valence-electron chi connectivity index (χ4n) is 3.41. The molecule has 0 aliphatic rings. The number of aromatic nitrogens is 2. The van der Waals surface area contributed by atoms with Gasteiger partial charge in [0.1, 0.15) is 17.0 Å². The molecule has 33 heavy (non-hydrogen) atoms. The van der Waals surface area contributed by atoms with Crippen molar-refractivity contribution in [3.8, 4) is 11.3 Å². The second kappa shape index (κ2) is 9.70. The number of carbonyl (C=O) groups is 2. The van der Waals surface area contributed by atoms with Crippen molar-refractivity contribution in [1.29, 1.82) is 0 Å². The number of aryl methyl sites for hydroxylation is 1. The molecule has 10 heteroatoms. The number of benzene rings is 2. The topological polar surface area (TPSA) is 95.9 Å². The zero-order valence-corrected chi connectivity index (χ0v) is 19.7. The van der Waals surface area contributed by atoms with Crippen LogP contribution in [-0.4, -0.2) is 42.4 Å². The molecule has 2 aromatic carbocycles. The summed E-state index contributed by atoms with van der Waals surface area (Å²) in [4.78, 5) is 30.1. The van der Waals surface area contributed by atoms with E-state index in [9.17, 15) is 9.59 Å². The fraction of sp³-hybridized carbons (Fsp3) is 0.217. The number of esters is 1. The zero-order chi connectivity index (χ0) is 23.5. The van der Waals surface area contributed by atoms with Gasteiger partial charge in [0.15, 0.2) is 4.80 Å². The maximum Gasteiger partial charge on any atom is 0.337 e. The van der Waals surface area contributed by atoms with E-state index in [4.69, 9.17) is 25.6 Å². The number of nitrogens with zero attached hydrogens (tertiary/aromatic N) is 3. The number of hydrogen-bond donors (Lipinski definition) is 0. The van der Waals surface area contributed by atoms with Crippen molar-refractivity contribution in [3.63, 3.8) is 0 Å². The number of methoxy groups -OCH3 is 2. The summed E-state index contributed by atoms with van der Waals surface area (Å²) >= 11 is 7.60. The molecule has 0 spiro atoms. The highest BCUT2D eigenvalue weighted by Crippen LogP contribution is 2.31. The minimum absolute atomic E-state index is 0.245. The lowest BCUT2D eigenvalue weighted by atomic mass is 10.1. The molecular weight excluding hydrogens is 466 g/mol. The van der Waals surface area contributed by atoms with E-state index < -0.39 is 11.9 Å². The fourth-order valence-corrected chi connectivity index (χ4v) is 4.72. The van der Waals surface area contributed by atoms with Crippen molar-refractivity contribution in [2.45, 2.75) is 13.5 Å². The molecule has 0 unspecified atom stereocenters. The van der Waals surface area contributed by atoms with Crippen LogP contribution in [-0.2, 0) is 16.0 Å². The van der Waals surface area contributed by atoms with Crippen molar-refractivity contribution in [2.75, 3.05) is 20.8 Å². The van der Waals surface area contributed by atoms with E-state index in [1.54, 1.807) is 56.5 Å². The van der Waals surface area contributed by atoms with Crippen LogP contribution in [0.25, 0.3) is 21.5 Å². The van der Waals surface area contributed by atoms with Gasteiger partial charge in [0.25, 0.3) is 5.91 Å². The molecule has 1 amide bonds. The Hall–Kier alpha value is -3.27. The van der Waals surface area contributed by atoms with Crippen molar-refractivity contribution in [3.05, 3.63) is 69.2 Å². The number of carbonyl (C=O) groups excluding carboxylic acids is 2. The molecule has 2 heterocycles. The van der Waals surface area contributed by atoms with Crippen molar-refractivity contribution in [1.82, 2.24) is 9.72 Å². The molecular formula is C23H20ClN3O5S. The first kappa shape index (κ1) is 22.9. The Morgan fingerprint density at radius 2 is 2.00 bits per heavy atom. The second-order valence-electron chi connectivity index (χ2n) is 7.06. The van der Waals surface area contributed by atoms with Crippen LogP contribution in [0.1, 0.15) is 26.5 Å². The van der Waals surface area contributed by atoms with Crippen LogP contribution in [0.15, 0.2) is 52.0 Å². The lowest BCUT2D eigenvalue weighted by Gasteiger charge is -2.05. The summed E-state index contributed by atoms with van der Waals surface area (Å²) < 4.78 is 18.0. The number of fused-ring (bicyclic) bond motifs is 1. The highest BCUT2D eigenvalue weighted by Gasteiger charge is 2.23. The number of rotatable bonds is 6. The summed E-state index contributed by atoms with van der Waals surface area (Å²) in [5.41, 5.74) is 2.41. The first-order valence-electron chi connectivity index (χ1n) is 9.95. The molecule has 4 rings (SSSR count). The zero-order valence-electron chi connectivity index (χ0n) is 18.1. The molecule has 0 saturated carbocycles. The normalized spacial score (nSPS) is 11.8. The molecule has 0 bridgehead atoms. The van der Waals surface area contributed by atoms with Crippen LogP contribution < -0.4 is 4.80 Å². The van der Waals surface area contributed by atoms with Gasteiger partial charge in [-0.05, 0) is 31.2 Å². The number of halogens is 1. The molecule has 170 valence electrons. The molecule has 0 radical (unpaired) electrons. The molecule has 0 aliphatic heterocycles. The predicted octanol–water partition coefficient (Wildman–Crippen LogP) is 4.49. The van der Waals surface area contributed by atoms with E-state index >= 15 is 0 Å². The predicted molar refractivity (Wildman–Crippen MR) is 125 cm³/mol. The van der Waals surface area contributed by atoms with Crippen molar-refractivity contribution < 1.29 is 23.6 Å². The summed E-state index contributed by atoms with van der Waals surface area (Å²) in [5, 5.41) is 4.50. The Kier molecular flexibility index (Phi) is 6.73. The van der Waals surface area contributed by atoms with Gasteiger partial charge in [0.05, 0.1) is 34.5 Å². The van der Waals surface area contributed by atoms with E-state index in [0.29, 0.717) is 45.6 Å². The van der Waals surface area contributed by atoms with Gasteiger partial charge in [0.2, 0.25) is 0 Å². The number of ether oxygens (including phenoxy) is 2. The first-order chi connectivity index (χ1) is 15.9. The summed E-state index contributed by atoms with van der Waals surface area (Å²) in [6, 6.07) is 12.3. The number of amides is 1. The first-order valence-corrected chi connectivity index (χ1v) is 11.1. The maximum absolute atomic E-state index is 13.3. The van der Waals surface area contributed by atoms with E-state index in [0.717, 1.165) is 10.2 Å². The summed E-state index contributed by atoms with van der Waals surface area (Å²) in [5.74, 6) is -0.599. The van der Waals surface area contributed by atoms with Crippen LogP contribution in [0.5, 0.6) is 0 Å². The molecule has 0 saturated heterocycles. The molecule has 0 atom stereocenters. The van der Waals surface area contributed by atoms with Crippen molar-refractivity contribution >= 4 is 45.0 Å². The third-order valence-corrected chi connectivity index (χ3v) is 6.40. The lowest BCUT2D eigenvalue weighted by molar-refractivity contribution is 0.0600. The highest BCUT2D eigenvalue weighted by molar-refractivity contribution is 7.16. The quantitative estimate of drug-likeness (QED) is 0.373. The number of hydrogen-bond acceptors (Lipinski definition) is 7. The SMILES string of the molecule is COCCn1c(=NC(=O)c2c(-c3ccccc3Cl)noc2C)sc2cc(C(=O)OC)ccc21. The van der Waals surface area contributed by atoms with E-state index in [1.807, 2.05) is 4.57 Å². The summed E-state index contributed by atoms with van der Waals surface area (Å²) in [7, 11) is 2.93. The van der Waals surface area contributed by atoms with E-state index in [1.165, 1.54) is 18.4 Å². The van der Waals surface area contributed by atoms with Gasteiger partial charge in [-0.3, -0.25) is 4.79 Å². The molecule has 0 fully saturated rings. The van der Waals surface area contributed by atoms with Crippen molar-refractivity contribution in [2.24, 2.45) is 4.99 Å². The minimum Gasteiger partial charge on any atom is -0.465 e. The van der Waals surface area contributed by atoms with Crippen LogP contribution in [0, 0.1) is 6.92 Å². The molecule has 4 aromatic rings. The monoisotopic (exact) mass is 485 g/mol. The van der Waals surface area contributed by atoms with Gasteiger partial charge >= 0.3 is 5.97 Å². The van der Waals surface area contributed by atoms with E-state index in [2.05, 4.69) is 10.1 Å². The van der Waals surface area contributed by atoms with Gasteiger partial charge in [-0.25, -0.2) is 4.79 Å². The lowest BCUT2D eigenvalue weighted by Crippen LogP contribution is -2.19. The van der Waals surface area contributed by atoms with Gasteiger partial charge in [0, 0.05) is 19.2 Å². The minimum atomic E-state index is -0.505. The number of thiazole rings is 1. The average Bonchev–Trinajstić information content (AvgIpc) is 3.36. The molecule has 2 aromatic heterocycles. The highest BCUT2D eigenvalue weighted by atomic mass is 35.5.